The zero-order chi connectivity index (χ0) is 25.5. The number of hydrogen-bond acceptors (Lipinski definition) is 7. The number of phenols is 1. The summed E-state index contributed by atoms with van der Waals surface area (Å²) in [4.78, 5) is 13.0. The van der Waals surface area contributed by atoms with E-state index in [4.69, 9.17) is 15.2 Å². The SMILES string of the molecule is NC(=O)/C=C/c1ccn(S(=O)(=O)c2ccc(-c3cccc(OCCCN4CCOCC4)c3)cc2O)c1. The average Bonchev–Trinajstić information content (AvgIpc) is 3.36. The van der Waals surface area contributed by atoms with Crippen LogP contribution in [0, 0.1) is 0 Å². The third-order valence-electron chi connectivity index (χ3n) is 5.80. The van der Waals surface area contributed by atoms with Gasteiger partial charge in [-0.25, -0.2) is 12.4 Å². The number of benzene rings is 2. The summed E-state index contributed by atoms with van der Waals surface area (Å²) in [6, 6.07) is 13.4. The van der Waals surface area contributed by atoms with Gasteiger partial charge in [-0.1, -0.05) is 18.2 Å². The van der Waals surface area contributed by atoms with Crippen molar-refractivity contribution in [2.45, 2.75) is 11.3 Å². The number of hydrogen-bond donors (Lipinski definition) is 2. The van der Waals surface area contributed by atoms with Crippen molar-refractivity contribution in [1.29, 1.82) is 0 Å². The second-order valence-electron chi connectivity index (χ2n) is 8.38. The minimum atomic E-state index is -4.04. The molecule has 1 fully saturated rings. The molecule has 0 radical (unpaired) electrons. The third kappa shape index (κ3) is 6.34. The fourth-order valence-electron chi connectivity index (χ4n) is 3.92. The fourth-order valence-corrected chi connectivity index (χ4v) is 5.19. The van der Waals surface area contributed by atoms with Gasteiger partial charge in [0.25, 0.3) is 10.0 Å². The Kier molecular flexibility index (Phi) is 8.09. The number of morpholine rings is 1. The molecular formula is C26H29N3O6S. The van der Waals surface area contributed by atoms with Gasteiger partial charge in [-0.2, -0.15) is 0 Å². The molecule has 0 aliphatic carbocycles. The monoisotopic (exact) mass is 511 g/mol. The van der Waals surface area contributed by atoms with Crippen LogP contribution in [-0.4, -0.2) is 67.8 Å². The molecule has 9 nitrogen and oxygen atoms in total. The van der Waals surface area contributed by atoms with E-state index in [1.54, 1.807) is 6.07 Å². The summed E-state index contributed by atoms with van der Waals surface area (Å²) >= 11 is 0. The van der Waals surface area contributed by atoms with Gasteiger partial charge in [0.05, 0.1) is 19.8 Å². The summed E-state index contributed by atoms with van der Waals surface area (Å²) < 4.78 is 38.3. The quantitative estimate of drug-likeness (QED) is 0.317. The number of rotatable bonds is 10. The predicted octanol–water partition coefficient (Wildman–Crippen LogP) is 2.70. The highest BCUT2D eigenvalue weighted by molar-refractivity contribution is 7.90. The smallest absolute Gasteiger partial charge is 0.271 e. The van der Waals surface area contributed by atoms with E-state index in [1.165, 1.54) is 36.7 Å². The summed E-state index contributed by atoms with van der Waals surface area (Å²) in [6.07, 6.45) is 6.12. The van der Waals surface area contributed by atoms with E-state index in [2.05, 4.69) is 4.90 Å². The minimum absolute atomic E-state index is 0.234. The highest BCUT2D eigenvalue weighted by Gasteiger charge is 2.21. The number of carbonyl (C=O) groups excluding carboxylic acids is 1. The van der Waals surface area contributed by atoms with E-state index in [-0.39, 0.29) is 10.6 Å². The van der Waals surface area contributed by atoms with Crippen molar-refractivity contribution in [1.82, 2.24) is 8.87 Å². The summed E-state index contributed by atoms with van der Waals surface area (Å²) in [5, 5.41) is 10.6. The molecule has 10 heteroatoms. The first-order chi connectivity index (χ1) is 17.3. The Morgan fingerprint density at radius 2 is 1.89 bits per heavy atom. The van der Waals surface area contributed by atoms with Crippen LogP contribution in [0.4, 0.5) is 0 Å². The Morgan fingerprint density at radius 1 is 1.11 bits per heavy atom. The van der Waals surface area contributed by atoms with Crippen molar-refractivity contribution >= 4 is 22.0 Å². The molecule has 1 saturated heterocycles. The molecule has 2 heterocycles. The average molecular weight is 512 g/mol. The van der Waals surface area contributed by atoms with Gasteiger partial charge < -0.3 is 20.3 Å². The second kappa shape index (κ2) is 11.4. The lowest BCUT2D eigenvalue weighted by molar-refractivity contribution is -0.113. The molecule has 0 bridgehead atoms. The Morgan fingerprint density at radius 3 is 2.64 bits per heavy atom. The van der Waals surface area contributed by atoms with Crippen molar-refractivity contribution in [2.24, 2.45) is 5.73 Å². The number of aromatic hydroxyl groups is 1. The largest absolute Gasteiger partial charge is 0.506 e. The number of amides is 1. The molecule has 1 aliphatic rings. The Balaban J connectivity index is 1.43. The van der Waals surface area contributed by atoms with Crippen molar-refractivity contribution < 1.29 is 27.8 Å². The number of nitrogens with zero attached hydrogens (tertiary/aromatic N) is 2. The van der Waals surface area contributed by atoms with Crippen LogP contribution < -0.4 is 10.5 Å². The number of primary amides is 1. The van der Waals surface area contributed by atoms with Crippen molar-refractivity contribution in [3.8, 4) is 22.6 Å². The van der Waals surface area contributed by atoms with Crippen molar-refractivity contribution in [3.05, 3.63) is 72.6 Å². The van der Waals surface area contributed by atoms with Crippen molar-refractivity contribution in [3.63, 3.8) is 0 Å². The first-order valence-electron chi connectivity index (χ1n) is 11.6. The maximum atomic E-state index is 13.0. The molecular weight excluding hydrogens is 482 g/mol. The molecule has 36 heavy (non-hydrogen) atoms. The summed E-state index contributed by atoms with van der Waals surface area (Å²) in [7, 11) is -4.04. The molecule has 0 spiro atoms. The predicted molar refractivity (Wildman–Crippen MR) is 136 cm³/mol. The van der Waals surface area contributed by atoms with Crippen LogP contribution in [0.25, 0.3) is 17.2 Å². The molecule has 4 rings (SSSR count). The Labute approximate surface area is 210 Å². The van der Waals surface area contributed by atoms with Crippen molar-refractivity contribution in [2.75, 3.05) is 39.5 Å². The van der Waals surface area contributed by atoms with Crippen LogP contribution in [0.2, 0.25) is 0 Å². The molecule has 0 saturated carbocycles. The number of nitrogens with two attached hydrogens (primary N) is 1. The number of aromatic nitrogens is 1. The van der Waals surface area contributed by atoms with Crippen LogP contribution in [0.1, 0.15) is 12.0 Å². The molecule has 0 atom stereocenters. The lowest BCUT2D eigenvalue weighted by atomic mass is 10.1. The molecule has 190 valence electrons. The minimum Gasteiger partial charge on any atom is -0.506 e. The number of ether oxygens (including phenoxy) is 2. The van der Waals surface area contributed by atoms with E-state index < -0.39 is 15.9 Å². The van der Waals surface area contributed by atoms with Gasteiger partial charge in [0.15, 0.2) is 0 Å². The van der Waals surface area contributed by atoms with Gasteiger partial charge in [-0.15, -0.1) is 0 Å². The topological polar surface area (TPSA) is 124 Å². The van der Waals surface area contributed by atoms with Gasteiger partial charge in [0.1, 0.15) is 16.4 Å². The molecule has 2 aromatic carbocycles. The summed E-state index contributed by atoms with van der Waals surface area (Å²) in [5.74, 6) is -0.303. The highest BCUT2D eigenvalue weighted by atomic mass is 32.2. The van der Waals surface area contributed by atoms with Gasteiger partial charge in [0.2, 0.25) is 5.91 Å². The fraction of sp³-hybridized carbons (Fsp3) is 0.269. The summed E-state index contributed by atoms with van der Waals surface area (Å²) in [5.41, 5.74) is 7.00. The van der Waals surface area contributed by atoms with E-state index in [1.807, 2.05) is 24.3 Å². The van der Waals surface area contributed by atoms with Gasteiger partial charge in [-0.3, -0.25) is 9.69 Å². The standard InChI is InChI=1S/C26H29N3O6S/c27-26(31)8-5-20-9-11-29(19-20)36(32,33)25-7-6-22(18-24(25)30)21-3-1-4-23(17-21)35-14-2-10-28-12-15-34-16-13-28/h1,3-9,11,17-19,30H,2,10,12-16H2,(H2,27,31)/b8-5+. The lowest BCUT2D eigenvalue weighted by Crippen LogP contribution is -2.37. The molecule has 1 aromatic heterocycles. The lowest BCUT2D eigenvalue weighted by Gasteiger charge is -2.26. The molecule has 3 N–H and O–H groups in total. The maximum Gasteiger partial charge on any atom is 0.271 e. The first-order valence-corrected chi connectivity index (χ1v) is 13.0. The van der Waals surface area contributed by atoms with Crippen LogP contribution in [-0.2, 0) is 19.6 Å². The van der Waals surface area contributed by atoms with Crippen LogP contribution in [0.3, 0.4) is 0 Å². The van der Waals surface area contributed by atoms with Gasteiger partial charge >= 0.3 is 0 Å². The highest BCUT2D eigenvalue weighted by Crippen LogP contribution is 2.32. The van der Waals surface area contributed by atoms with Crippen LogP contribution in [0.5, 0.6) is 11.5 Å². The molecule has 1 aliphatic heterocycles. The van der Waals surface area contributed by atoms with Gasteiger partial charge in [0, 0.05) is 38.1 Å². The zero-order valence-corrected chi connectivity index (χ0v) is 20.6. The second-order valence-corrected chi connectivity index (χ2v) is 10.2. The molecule has 3 aromatic rings. The Hall–Kier alpha value is -3.60. The number of carbonyl (C=O) groups is 1. The zero-order valence-electron chi connectivity index (χ0n) is 19.7. The van der Waals surface area contributed by atoms with Crippen LogP contribution in [0.15, 0.2) is 71.9 Å². The Bertz CT molecular complexity index is 1340. The maximum absolute atomic E-state index is 13.0. The van der Waals surface area contributed by atoms with E-state index >= 15 is 0 Å². The van der Waals surface area contributed by atoms with E-state index in [0.717, 1.165) is 54.9 Å². The normalized spacial score (nSPS) is 14.8. The van der Waals surface area contributed by atoms with Gasteiger partial charge in [-0.05, 0) is 59.5 Å². The first kappa shape index (κ1) is 25.5. The number of phenolic OH excluding ortho intramolecular Hbond substituents is 1. The molecule has 0 unspecified atom stereocenters. The molecule has 1 amide bonds. The van der Waals surface area contributed by atoms with E-state index in [9.17, 15) is 18.3 Å². The van der Waals surface area contributed by atoms with Crippen LogP contribution >= 0.6 is 0 Å². The third-order valence-corrected chi connectivity index (χ3v) is 7.49. The summed E-state index contributed by atoms with van der Waals surface area (Å²) in [6.45, 7) is 4.98. The van der Waals surface area contributed by atoms with E-state index in [0.29, 0.717) is 23.5 Å².